The van der Waals surface area contributed by atoms with E-state index in [2.05, 4.69) is 0 Å². The molecule has 1 aromatic carbocycles. The van der Waals surface area contributed by atoms with Crippen LogP contribution in [0.4, 0.5) is 4.39 Å². The van der Waals surface area contributed by atoms with Gasteiger partial charge in [-0.2, -0.15) is 0 Å². The van der Waals surface area contributed by atoms with Crippen LogP contribution in [0.1, 0.15) is 0 Å². The quantitative estimate of drug-likeness (QED) is 0.706. The van der Waals surface area contributed by atoms with Gasteiger partial charge in [0.1, 0.15) is 17.6 Å². The highest BCUT2D eigenvalue weighted by molar-refractivity contribution is 6.32. The van der Waals surface area contributed by atoms with E-state index in [0.29, 0.717) is 0 Å². The van der Waals surface area contributed by atoms with Crippen molar-refractivity contribution in [2.75, 3.05) is 13.2 Å². The standard InChI is InChI=1S/C11H11ClFNO5/c12-7-3-6(13)1-2-9(7)19-5-10(16)14-8(4-15)11(17)18/h1-3,8,15H,4-5H2,(H,14,16)(H,17,18). The molecule has 0 aromatic heterocycles. The molecule has 0 saturated heterocycles. The summed E-state index contributed by atoms with van der Waals surface area (Å²) in [4.78, 5) is 21.9. The van der Waals surface area contributed by atoms with E-state index in [1.54, 1.807) is 0 Å². The predicted molar refractivity (Wildman–Crippen MR) is 63.6 cm³/mol. The predicted octanol–water partition coefficient (Wildman–Crippen LogP) is 0.420. The number of aliphatic hydroxyl groups excluding tert-OH is 1. The van der Waals surface area contributed by atoms with Crippen LogP contribution in [-0.2, 0) is 9.59 Å². The minimum atomic E-state index is -1.40. The van der Waals surface area contributed by atoms with Crippen LogP contribution in [0.15, 0.2) is 18.2 Å². The maximum absolute atomic E-state index is 12.7. The SMILES string of the molecule is O=C(COc1ccc(F)cc1Cl)NC(CO)C(=O)O. The van der Waals surface area contributed by atoms with Crippen LogP contribution >= 0.6 is 11.6 Å². The lowest BCUT2D eigenvalue weighted by Gasteiger charge is -2.12. The van der Waals surface area contributed by atoms with E-state index in [4.69, 9.17) is 26.6 Å². The highest BCUT2D eigenvalue weighted by Gasteiger charge is 2.19. The van der Waals surface area contributed by atoms with Gasteiger partial charge in [0.25, 0.3) is 5.91 Å². The summed E-state index contributed by atoms with van der Waals surface area (Å²) in [7, 11) is 0. The number of carboxylic acids is 1. The summed E-state index contributed by atoms with van der Waals surface area (Å²) >= 11 is 5.67. The van der Waals surface area contributed by atoms with E-state index < -0.39 is 36.9 Å². The summed E-state index contributed by atoms with van der Waals surface area (Å²) in [5, 5.41) is 19.3. The molecule has 19 heavy (non-hydrogen) atoms. The van der Waals surface area contributed by atoms with Crippen LogP contribution in [0, 0.1) is 5.82 Å². The van der Waals surface area contributed by atoms with Crippen LogP contribution < -0.4 is 10.1 Å². The Morgan fingerprint density at radius 1 is 1.47 bits per heavy atom. The molecular formula is C11H11ClFNO5. The van der Waals surface area contributed by atoms with Crippen LogP contribution in [0.3, 0.4) is 0 Å². The molecule has 0 saturated carbocycles. The summed E-state index contributed by atoms with van der Waals surface area (Å²) < 4.78 is 17.7. The first-order valence-electron chi connectivity index (χ1n) is 5.15. The number of carbonyl (C=O) groups excluding carboxylic acids is 1. The van der Waals surface area contributed by atoms with Crippen molar-refractivity contribution in [3.05, 3.63) is 29.0 Å². The molecule has 1 amide bonds. The van der Waals surface area contributed by atoms with Gasteiger partial charge in [-0.15, -0.1) is 0 Å². The van der Waals surface area contributed by atoms with Crippen molar-refractivity contribution in [2.45, 2.75) is 6.04 Å². The number of ether oxygens (including phenoxy) is 1. The summed E-state index contributed by atoms with van der Waals surface area (Å²) in [6.07, 6.45) is 0. The van der Waals surface area contributed by atoms with Gasteiger partial charge in [0.05, 0.1) is 11.6 Å². The highest BCUT2D eigenvalue weighted by atomic mass is 35.5. The van der Waals surface area contributed by atoms with Gasteiger partial charge in [0.2, 0.25) is 0 Å². The molecular weight excluding hydrogens is 281 g/mol. The van der Waals surface area contributed by atoms with Crippen molar-refractivity contribution in [3.63, 3.8) is 0 Å². The van der Waals surface area contributed by atoms with Crippen LogP contribution in [-0.4, -0.2) is 41.3 Å². The maximum atomic E-state index is 12.7. The van der Waals surface area contributed by atoms with E-state index in [9.17, 15) is 14.0 Å². The second-order valence-electron chi connectivity index (χ2n) is 3.50. The van der Waals surface area contributed by atoms with E-state index >= 15 is 0 Å². The van der Waals surface area contributed by atoms with E-state index in [1.165, 1.54) is 6.07 Å². The van der Waals surface area contributed by atoms with Crippen molar-refractivity contribution in [1.29, 1.82) is 0 Å². The lowest BCUT2D eigenvalue weighted by molar-refractivity contribution is -0.143. The summed E-state index contributed by atoms with van der Waals surface area (Å²) in [5.41, 5.74) is 0. The number of halogens is 2. The van der Waals surface area contributed by atoms with E-state index in [1.807, 2.05) is 5.32 Å². The Labute approximate surface area is 112 Å². The van der Waals surface area contributed by atoms with Crippen LogP contribution in [0.5, 0.6) is 5.75 Å². The van der Waals surface area contributed by atoms with Gasteiger partial charge in [-0.25, -0.2) is 9.18 Å². The molecule has 6 nitrogen and oxygen atoms in total. The van der Waals surface area contributed by atoms with Gasteiger partial charge in [-0.1, -0.05) is 11.6 Å². The Morgan fingerprint density at radius 2 is 2.16 bits per heavy atom. The normalized spacial score (nSPS) is 11.7. The van der Waals surface area contributed by atoms with Crippen LogP contribution in [0.25, 0.3) is 0 Å². The van der Waals surface area contributed by atoms with Crippen molar-refractivity contribution >= 4 is 23.5 Å². The second-order valence-corrected chi connectivity index (χ2v) is 3.91. The number of carbonyl (C=O) groups is 2. The molecule has 0 bridgehead atoms. The maximum Gasteiger partial charge on any atom is 0.328 e. The summed E-state index contributed by atoms with van der Waals surface area (Å²) in [5.74, 6) is -2.57. The second kappa shape index (κ2) is 6.91. The average molecular weight is 292 g/mol. The number of aliphatic hydroxyl groups is 1. The van der Waals surface area contributed by atoms with Crippen molar-refractivity contribution in [2.24, 2.45) is 0 Å². The van der Waals surface area contributed by atoms with Gasteiger partial charge in [-0.3, -0.25) is 4.79 Å². The molecule has 3 N–H and O–H groups in total. The third-order valence-electron chi connectivity index (χ3n) is 2.07. The molecule has 1 unspecified atom stereocenters. The molecule has 8 heteroatoms. The number of hydrogen-bond acceptors (Lipinski definition) is 4. The molecule has 0 spiro atoms. The third-order valence-corrected chi connectivity index (χ3v) is 2.36. The first-order valence-corrected chi connectivity index (χ1v) is 5.52. The van der Waals surface area contributed by atoms with Crippen molar-refractivity contribution in [1.82, 2.24) is 5.32 Å². The Bertz CT molecular complexity index is 482. The fourth-order valence-corrected chi connectivity index (χ4v) is 1.38. The molecule has 0 aliphatic heterocycles. The summed E-state index contributed by atoms with van der Waals surface area (Å²) in [6, 6.07) is 1.96. The molecule has 1 rings (SSSR count). The number of aliphatic carboxylic acids is 1. The molecule has 104 valence electrons. The molecule has 0 radical (unpaired) electrons. The van der Waals surface area contributed by atoms with Crippen molar-refractivity contribution in [3.8, 4) is 5.75 Å². The molecule has 0 aliphatic carbocycles. The van der Waals surface area contributed by atoms with Crippen molar-refractivity contribution < 1.29 is 28.9 Å². The zero-order chi connectivity index (χ0) is 14.4. The number of hydrogen-bond donors (Lipinski definition) is 3. The zero-order valence-corrected chi connectivity index (χ0v) is 10.4. The van der Waals surface area contributed by atoms with E-state index in [0.717, 1.165) is 12.1 Å². The fraction of sp³-hybridized carbons (Fsp3) is 0.273. The Morgan fingerprint density at radius 3 is 2.68 bits per heavy atom. The Balaban J connectivity index is 2.52. The smallest absolute Gasteiger partial charge is 0.328 e. The zero-order valence-electron chi connectivity index (χ0n) is 9.60. The number of benzene rings is 1. The molecule has 0 fully saturated rings. The lowest BCUT2D eigenvalue weighted by Crippen LogP contribution is -2.45. The third kappa shape index (κ3) is 4.72. The number of rotatable bonds is 6. The van der Waals surface area contributed by atoms with Crippen LogP contribution in [0.2, 0.25) is 5.02 Å². The average Bonchev–Trinajstić information content (AvgIpc) is 2.34. The number of carboxylic acid groups (broad SMARTS) is 1. The van der Waals surface area contributed by atoms with Gasteiger partial charge in [-0.05, 0) is 18.2 Å². The first-order chi connectivity index (χ1) is 8.93. The van der Waals surface area contributed by atoms with Gasteiger partial charge in [0, 0.05) is 0 Å². The highest BCUT2D eigenvalue weighted by Crippen LogP contribution is 2.24. The number of amides is 1. The Kier molecular flexibility index (Phi) is 5.53. The fourth-order valence-electron chi connectivity index (χ4n) is 1.16. The molecule has 1 aromatic rings. The monoisotopic (exact) mass is 291 g/mol. The van der Waals surface area contributed by atoms with Gasteiger partial charge < -0.3 is 20.3 Å². The minimum absolute atomic E-state index is 0.00950. The summed E-state index contributed by atoms with van der Waals surface area (Å²) in [6.45, 7) is -1.24. The lowest BCUT2D eigenvalue weighted by atomic mass is 10.3. The first kappa shape index (κ1) is 15.2. The minimum Gasteiger partial charge on any atom is -0.482 e. The van der Waals surface area contributed by atoms with E-state index in [-0.39, 0.29) is 10.8 Å². The van der Waals surface area contributed by atoms with Gasteiger partial charge >= 0.3 is 5.97 Å². The molecule has 0 heterocycles. The Hall–Kier alpha value is -1.86. The number of nitrogens with one attached hydrogen (secondary N) is 1. The topological polar surface area (TPSA) is 95.9 Å². The largest absolute Gasteiger partial charge is 0.482 e. The van der Waals surface area contributed by atoms with Gasteiger partial charge in [0.15, 0.2) is 6.61 Å². The molecule has 1 atom stereocenters. The molecule has 0 aliphatic rings.